The molecule has 0 fully saturated rings. The van der Waals surface area contributed by atoms with Crippen LogP contribution in [0.4, 0.5) is 0 Å². The van der Waals surface area contributed by atoms with E-state index in [1.165, 1.54) is 12.3 Å². The minimum Gasteiger partial charge on any atom is -0.352 e. The molecule has 1 amide bonds. The van der Waals surface area contributed by atoms with Gasteiger partial charge in [-0.05, 0) is 24.1 Å². The number of amides is 1. The Bertz CT molecular complexity index is 1110. The van der Waals surface area contributed by atoms with E-state index in [0.29, 0.717) is 18.0 Å². The number of halogens is 2. The molecule has 27 heavy (non-hydrogen) atoms. The van der Waals surface area contributed by atoms with Gasteiger partial charge in [-0.1, -0.05) is 41.4 Å². The number of nitrogens with zero attached hydrogens (tertiary/aromatic N) is 3. The summed E-state index contributed by atoms with van der Waals surface area (Å²) in [4.78, 5) is 41.4. The van der Waals surface area contributed by atoms with Crippen LogP contribution < -0.4 is 16.6 Å². The van der Waals surface area contributed by atoms with E-state index in [-0.39, 0.29) is 16.4 Å². The van der Waals surface area contributed by atoms with Crippen LogP contribution in [0, 0.1) is 0 Å². The SMILES string of the molecule is O=C(NCCc1ccccc1Cl)c1cc(-n2ncc(=O)[nH]c2=O)cnc1Cl. The molecule has 0 bridgehead atoms. The number of rotatable bonds is 5. The third-order valence-corrected chi connectivity index (χ3v) is 4.33. The Morgan fingerprint density at radius 3 is 2.70 bits per heavy atom. The first kappa shape index (κ1) is 18.8. The van der Waals surface area contributed by atoms with E-state index >= 15 is 0 Å². The van der Waals surface area contributed by atoms with Crippen molar-refractivity contribution in [3.63, 3.8) is 0 Å². The molecule has 0 aliphatic carbocycles. The molecule has 2 heterocycles. The number of aromatic amines is 1. The van der Waals surface area contributed by atoms with Crippen molar-refractivity contribution in [3.8, 4) is 5.69 Å². The van der Waals surface area contributed by atoms with Gasteiger partial charge in [-0.15, -0.1) is 0 Å². The molecule has 3 rings (SSSR count). The number of carbonyl (C=O) groups excluding carboxylic acids is 1. The predicted molar refractivity (Wildman–Crippen MR) is 101 cm³/mol. The van der Waals surface area contributed by atoms with Crippen molar-refractivity contribution in [1.29, 1.82) is 0 Å². The summed E-state index contributed by atoms with van der Waals surface area (Å²) in [6, 6.07) is 8.71. The lowest BCUT2D eigenvalue weighted by Gasteiger charge is -2.09. The normalized spacial score (nSPS) is 10.6. The van der Waals surface area contributed by atoms with E-state index < -0.39 is 17.2 Å². The Balaban J connectivity index is 1.77. The highest BCUT2D eigenvalue weighted by Crippen LogP contribution is 2.17. The fourth-order valence-corrected chi connectivity index (χ4v) is 2.78. The van der Waals surface area contributed by atoms with Gasteiger partial charge in [0.25, 0.3) is 11.5 Å². The van der Waals surface area contributed by atoms with Gasteiger partial charge in [0.2, 0.25) is 0 Å². The van der Waals surface area contributed by atoms with Gasteiger partial charge >= 0.3 is 5.69 Å². The zero-order valence-corrected chi connectivity index (χ0v) is 15.3. The van der Waals surface area contributed by atoms with Gasteiger partial charge in [0.1, 0.15) is 11.3 Å². The number of hydrogen-bond donors (Lipinski definition) is 2. The molecule has 0 atom stereocenters. The molecule has 0 radical (unpaired) electrons. The summed E-state index contributed by atoms with van der Waals surface area (Å²) < 4.78 is 0.908. The first-order valence-corrected chi connectivity index (χ1v) is 8.57. The molecule has 138 valence electrons. The smallest absolute Gasteiger partial charge is 0.349 e. The summed E-state index contributed by atoms with van der Waals surface area (Å²) in [6.07, 6.45) is 2.76. The van der Waals surface area contributed by atoms with Crippen LogP contribution in [0.25, 0.3) is 5.69 Å². The standard InChI is InChI=1S/C17H13Cl2N5O3/c18-13-4-2-1-3-10(13)5-6-20-16(26)12-7-11(8-21-15(12)19)24-17(27)23-14(25)9-22-24/h1-4,7-9H,5-6H2,(H,20,26)(H,23,25,27). The van der Waals surface area contributed by atoms with Gasteiger partial charge in [-0.3, -0.25) is 14.6 Å². The molecule has 0 spiro atoms. The maximum Gasteiger partial charge on any atom is 0.349 e. The van der Waals surface area contributed by atoms with Crippen LogP contribution in [0.15, 0.2) is 52.3 Å². The summed E-state index contributed by atoms with van der Waals surface area (Å²) in [5.74, 6) is -0.459. The third kappa shape index (κ3) is 4.42. The number of hydrogen-bond acceptors (Lipinski definition) is 5. The van der Waals surface area contributed by atoms with Crippen LogP contribution in [0.5, 0.6) is 0 Å². The quantitative estimate of drug-likeness (QED) is 0.626. The Labute approximate surface area is 162 Å². The van der Waals surface area contributed by atoms with Gasteiger partial charge in [-0.25, -0.2) is 9.78 Å². The van der Waals surface area contributed by atoms with E-state index in [0.717, 1.165) is 16.4 Å². The van der Waals surface area contributed by atoms with Gasteiger partial charge < -0.3 is 5.32 Å². The van der Waals surface area contributed by atoms with E-state index in [4.69, 9.17) is 23.2 Å². The minimum absolute atomic E-state index is 0.0218. The molecule has 0 unspecified atom stereocenters. The second-order valence-corrected chi connectivity index (χ2v) is 6.25. The van der Waals surface area contributed by atoms with Crippen molar-refractivity contribution in [2.24, 2.45) is 0 Å². The van der Waals surface area contributed by atoms with Crippen LogP contribution in [0.1, 0.15) is 15.9 Å². The Morgan fingerprint density at radius 2 is 1.96 bits per heavy atom. The summed E-state index contributed by atoms with van der Waals surface area (Å²) in [5.41, 5.74) is -0.209. The molecule has 3 aromatic rings. The number of aromatic nitrogens is 4. The fraction of sp³-hybridized carbons (Fsp3) is 0.118. The molecular formula is C17H13Cl2N5O3. The summed E-state index contributed by atoms with van der Waals surface area (Å²) in [5, 5.41) is 7.05. The van der Waals surface area contributed by atoms with Crippen molar-refractivity contribution in [1.82, 2.24) is 25.1 Å². The molecule has 8 nitrogen and oxygen atoms in total. The van der Waals surface area contributed by atoms with Crippen molar-refractivity contribution in [3.05, 3.63) is 84.9 Å². The molecule has 0 aliphatic rings. The first-order chi connectivity index (χ1) is 13.0. The monoisotopic (exact) mass is 405 g/mol. The predicted octanol–water partition coefficient (Wildman–Crippen LogP) is 1.60. The summed E-state index contributed by atoms with van der Waals surface area (Å²) in [6.45, 7) is 0.333. The van der Waals surface area contributed by atoms with Crippen LogP contribution in [0.3, 0.4) is 0 Å². The van der Waals surface area contributed by atoms with Gasteiger partial charge in [0.15, 0.2) is 0 Å². The fourth-order valence-electron chi connectivity index (χ4n) is 2.36. The van der Waals surface area contributed by atoms with Gasteiger partial charge in [0.05, 0.1) is 17.4 Å². The highest BCUT2D eigenvalue weighted by molar-refractivity contribution is 6.32. The Morgan fingerprint density at radius 1 is 1.19 bits per heavy atom. The first-order valence-electron chi connectivity index (χ1n) is 7.82. The van der Waals surface area contributed by atoms with Crippen LogP contribution in [-0.2, 0) is 6.42 Å². The molecule has 2 N–H and O–H groups in total. The second-order valence-electron chi connectivity index (χ2n) is 5.48. The van der Waals surface area contributed by atoms with Gasteiger partial charge in [0, 0.05) is 11.6 Å². The average molecular weight is 406 g/mol. The zero-order valence-electron chi connectivity index (χ0n) is 13.8. The average Bonchev–Trinajstić information content (AvgIpc) is 2.64. The maximum absolute atomic E-state index is 12.4. The molecule has 2 aromatic heterocycles. The van der Waals surface area contributed by atoms with Crippen LogP contribution in [-0.4, -0.2) is 32.2 Å². The zero-order chi connectivity index (χ0) is 19.4. The lowest BCUT2D eigenvalue weighted by Crippen LogP contribution is -2.31. The molecule has 0 aliphatic heterocycles. The Kier molecular flexibility index (Phi) is 5.68. The maximum atomic E-state index is 12.4. The van der Waals surface area contributed by atoms with E-state index in [9.17, 15) is 14.4 Å². The highest BCUT2D eigenvalue weighted by atomic mass is 35.5. The van der Waals surface area contributed by atoms with Crippen LogP contribution in [0.2, 0.25) is 10.2 Å². The molecule has 10 heteroatoms. The van der Waals surface area contributed by atoms with E-state index in [2.05, 4.69) is 20.4 Å². The van der Waals surface area contributed by atoms with E-state index in [1.807, 2.05) is 18.2 Å². The third-order valence-electron chi connectivity index (χ3n) is 3.66. The number of pyridine rings is 1. The van der Waals surface area contributed by atoms with Crippen molar-refractivity contribution in [2.75, 3.05) is 6.54 Å². The largest absolute Gasteiger partial charge is 0.352 e. The topological polar surface area (TPSA) is 110 Å². The second kappa shape index (κ2) is 8.15. The number of carbonyl (C=O) groups is 1. The van der Waals surface area contributed by atoms with Crippen molar-refractivity contribution < 1.29 is 4.79 Å². The molecule has 0 saturated heterocycles. The minimum atomic E-state index is -0.753. The van der Waals surface area contributed by atoms with Crippen molar-refractivity contribution >= 4 is 29.1 Å². The van der Waals surface area contributed by atoms with Crippen LogP contribution >= 0.6 is 23.2 Å². The highest BCUT2D eigenvalue weighted by Gasteiger charge is 2.14. The number of H-pyrrole nitrogens is 1. The summed E-state index contributed by atoms with van der Waals surface area (Å²) in [7, 11) is 0. The molecule has 1 aromatic carbocycles. The molecule has 0 saturated carbocycles. The number of benzene rings is 1. The summed E-state index contributed by atoms with van der Waals surface area (Å²) >= 11 is 12.1. The van der Waals surface area contributed by atoms with Crippen molar-refractivity contribution in [2.45, 2.75) is 6.42 Å². The Hall–Kier alpha value is -2.97. The van der Waals surface area contributed by atoms with E-state index in [1.54, 1.807) is 6.07 Å². The number of nitrogens with one attached hydrogen (secondary N) is 2. The lowest BCUT2D eigenvalue weighted by molar-refractivity contribution is 0.0954. The molecular weight excluding hydrogens is 393 g/mol. The lowest BCUT2D eigenvalue weighted by atomic mass is 10.1. The van der Waals surface area contributed by atoms with Gasteiger partial charge in [-0.2, -0.15) is 9.78 Å².